The van der Waals surface area contributed by atoms with Crippen LogP contribution in [-0.2, 0) is 13.5 Å². The van der Waals surface area contributed by atoms with Crippen molar-refractivity contribution in [1.82, 2.24) is 9.88 Å². The molecule has 21 heavy (non-hydrogen) atoms. The van der Waals surface area contributed by atoms with Crippen LogP contribution in [0.15, 0.2) is 41.8 Å². The van der Waals surface area contributed by atoms with Crippen LogP contribution in [0.5, 0.6) is 0 Å². The molecule has 0 aliphatic heterocycles. The van der Waals surface area contributed by atoms with Crippen molar-refractivity contribution in [2.45, 2.75) is 6.42 Å². The smallest absolute Gasteiger partial charge is 0.267 e. The first-order chi connectivity index (χ1) is 10.1. The van der Waals surface area contributed by atoms with Crippen LogP contribution in [-0.4, -0.2) is 17.0 Å². The lowest BCUT2D eigenvalue weighted by molar-refractivity contribution is 0.0946. The van der Waals surface area contributed by atoms with Gasteiger partial charge in [-0.05, 0) is 41.6 Å². The van der Waals surface area contributed by atoms with Gasteiger partial charge < -0.3 is 9.88 Å². The molecule has 5 heteroatoms. The minimum absolute atomic E-state index is 0.0997. The zero-order chi connectivity index (χ0) is 14.8. The summed E-state index contributed by atoms with van der Waals surface area (Å²) in [5.41, 5.74) is 2.59. The maximum Gasteiger partial charge on any atom is 0.267 e. The Bertz CT molecular complexity index is 791. The molecule has 0 spiro atoms. The first-order valence-electron chi connectivity index (χ1n) is 6.71. The van der Waals surface area contributed by atoms with Crippen LogP contribution >= 0.6 is 11.3 Å². The first-order valence-corrected chi connectivity index (χ1v) is 7.58. The fraction of sp³-hybridized carbons (Fsp3) is 0.188. The van der Waals surface area contributed by atoms with Crippen LogP contribution in [0.25, 0.3) is 10.2 Å². The summed E-state index contributed by atoms with van der Waals surface area (Å²) in [6.45, 7) is 0.487. The van der Waals surface area contributed by atoms with Crippen molar-refractivity contribution in [3.05, 3.63) is 58.9 Å². The number of halogens is 1. The van der Waals surface area contributed by atoms with Crippen LogP contribution < -0.4 is 5.32 Å². The molecule has 0 bridgehead atoms. The maximum atomic E-state index is 13.1. The monoisotopic (exact) mass is 302 g/mol. The third kappa shape index (κ3) is 2.83. The van der Waals surface area contributed by atoms with Crippen LogP contribution in [0, 0.1) is 5.82 Å². The number of carbonyl (C=O) groups excluding carboxylic acids is 1. The highest BCUT2D eigenvalue weighted by molar-refractivity contribution is 7.17. The normalized spacial score (nSPS) is 11.0. The topological polar surface area (TPSA) is 34.0 Å². The average Bonchev–Trinajstić information content (AvgIpc) is 3.02. The van der Waals surface area contributed by atoms with Gasteiger partial charge in [-0.3, -0.25) is 4.79 Å². The fourth-order valence-corrected chi connectivity index (χ4v) is 3.22. The zero-order valence-electron chi connectivity index (χ0n) is 11.6. The predicted molar refractivity (Wildman–Crippen MR) is 83.2 cm³/mol. The van der Waals surface area contributed by atoms with Gasteiger partial charge >= 0.3 is 0 Å². The number of aryl methyl sites for hydroxylation is 1. The lowest BCUT2D eigenvalue weighted by Gasteiger charge is -2.06. The number of rotatable bonds is 4. The van der Waals surface area contributed by atoms with E-state index in [-0.39, 0.29) is 11.7 Å². The van der Waals surface area contributed by atoms with Crippen LogP contribution in [0.1, 0.15) is 16.1 Å². The number of benzene rings is 1. The molecule has 0 aliphatic carbocycles. The standard InChI is InChI=1S/C16H15FN2OS/c1-19-13-6-8-21-15(13)10-14(19)16(20)18-7-5-11-3-2-4-12(17)9-11/h2-4,6,8-10H,5,7H2,1H3,(H,18,20). The summed E-state index contributed by atoms with van der Waals surface area (Å²) in [6, 6.07) is 10.3. The van der Waals surface area contributed by atoms with Crippen molar-refractivity contribution in [2.75, 3.05) is 6.54 Å². The van der Waals surface area contributed by atoms with Gasteiger partial charge in [0.1, 0.15) is 11.5 Å². The Labute approximate surface area is 126 Å². The van der Waals surface area contributed by atoms with Crippen molar-refractivity contribution < 1.29 is 9.18 Å². The fourth-order valence-electron chi connectivity index (χ4n) is 2.37. The molecule has 1 N–H and O–H groups in total. The molecule has 2 aromatic heterocycles. The van der Waals surface area contributed by atoms with E-state index >= 15 is 0 Å². The Morgan fingerprint density at radius 3 is 2.95 bits per heavy atom. The van der Waals surface area contributed by atoms with E-state index in [1.165, 1.54) is 12.1 Å². The summed E-state index contributed by atoms with van der Waals surface area (Å²) in [5, 5.41) is 4.89. The highest BCUT2D eigenvalue weighted by Crippen LogP contribution is 2.23. The summed E-state index contributed by atoms with van der Waals surface area (Å²) in [7, 11) is 1.89. The van der Waals surface area contributed by atoms with Crippen LogP contribution in [0.2, 0.25) is 0 Å². The van der Waals surface area contributed by atoms with Crippen molar-refractivity contribution in [2.24, 2.45) is 7.05 Å². The van der Waals surface area contributed by atoms with Gasteiger partial charge in [-0.25, -0.2) is 4.39 Å². The van der Waals surface area contributed by atoms with Gasteiger partial charge in [0.05, 0.1) is 10.2 Å². The minimum atomic E-state index is -0.249. The molecule has 0 saturated carbocycles. The number of fused-ring (bicyclic) bond motifs is 1. The predicted octanol–water partition coefficient (Wildman–Crippen LogP) is 3.35. The van der Waals surface area contributed by atoms with E-state index in [1.54, 1.807) is 17.4 Å². The van der Waals surface area contributed by atoms with Crippen molar-refractivity contribution in [1.29, 1.82) is 0 Å². The zero-order valence-corrected chi connectivity index (χ0v) is 12.4. The molecule has 2 heterocycles. The lowest BCUT2D eigenvalue weighted by Crippen LogP contribution is -2.27. The molecule has 3 nitrogen and oxygen atoms in total. The number of hydrogen-bond acceptors (Lipinski definition) is 2. The summed E-state index contributed by atoms with van der Waals surface area (Å²) < 4.78 is 16.1. The molecule has 0 fully saturated rings. The van der Waals surface area contributed by atoms with Gasteiger partial charge in [-0.15, -0.1) is 11.3 Å². The van der Waals surface area contributed by atoms with E-state index in [0.717, 1.165) is 15.8 Å². The number of hydrogen-bond donors (Lipinski definition) is 1. The second-order valence-electron chi connectivity index (χ2n) is 4.89. The second kappa shape index (κ2) is 5.69. The number of aromatic nitrogens is 1. The molecule has 1 amide bonds. The summed E-state index contributed by atoms with van der Waals surface area (Å²) >= 11 is 1.62. The van der Waals surface area contributed by atoms with Gasteiger partial charge in [0.25, 0.3) is 5.91 Å². The van der Waals surface area contributed by atoms with Gasteiger partial charge in [0.15, 0.2) is 0 Å². The quantitative estimate of drug-likeness (QED) is 0.788. The molecule has 3 aromatic rings. The maximum absolute atomic E-state index is 13.1. The molecule has 0 radical (unpaired) electrons. The van der Waals surface area contributed by atoms with E-state index < -0.39 is 0 Å². The Kier molecular flexibility index (Phi) is 3.75. The number of thiophene rings is 1. The van der Waals surface area contributed by atoms with E-state index in [1.807, 2.05) is 35.2 Å². The molecular formula is C16H15FN2OS. The molecule has 0 atom stereocenters. The molecule has 0 saturated heterocycles. The molecule has 3 rings (SSSR count). The Balaban J connectivity index is 1.64. The molecule has 0 aliphatic rings. The van der Waals surface area contributed by atoms with Crippen molar-refractivity contribution in [3.8, 4) is 0 Å². The minimum Gasteiger partial charge on any atom is -0.350 e. The van der Waals surface area contributed by atoms with Gasteiger partial charge in [-0.2, -0.15) is 0 Å². The highest BCUT2D eigenvalue weighted by atomic mass is 32.1. The molecular weight excluding hydrogens is 287 g/mol. The van der Waals surface area contributed by atoms with Crippen LogP contribution in [0.3, 0.4) is 0 Å². The van der Waals surface area contributed by atoms with Gasteiger partial charge in [0.2, 0.25) is 0 Å². The third-order valence-electron chi connectivity index (χ3n) is 3.48. The van der Waals surface area contributed by atoms with E-state index in [2.05, 4.69) is 5.32 Å². The van der Waals surface area contributed by atoms with E-state index in [9.17, 15) is 9.18 Å². The number of nitrogens with one attached hydrogen (secondary N) is 1. The number of carbonyl (C=O) groups is 1. The highest BCUT2D eigenvalue weighted by Gasteiger charge is 2.13. The number of amides is 1. The van der Waals surface area contributed by atoms with Gasteiger partial charge in [0, 0.05) is 13.6 Å². The Hall–Kier alpha value is -2.14. The summed E-state index contributed by atoms with van der Waals surface area (Å²) in [4.78, 5) is 12.2. The Morgan fingerprint density at radius 1 is 1.33 bits per heavy atom. The van der Waals surface area contributed by atoms with E-state index in [0.29, 0.717) is 18.7 Å². The second-order valence-corrected chi connectivity index (χ2v) is 5.84. The first kappa shape index (κ1) is 13.8. The molecule has 1 aromatic carbocycles. The van der Waals surface area contributed by atoms with Crippen LogP contribution in [0.4, 0.5) is 4.39 Å². The van der Waals surface area contributed by atoms with Gasteiger partial charge in [-0.1, -0.05) is 12.1 Å². The summed E-state index contributed by atoms with van der Waals surface area (Å²) in [5.74, 6) is -0.348. The lowest BCUT2D eigenvalue weighted by atomic mass is 10.1. The Morgan fingerprint density at radius 2 is 2.19 bits per heavy atom. The average molecular weight is 302 g/mol. The van der Waals surface area contributed by atoms with Crippen molar-refractivity contribution >= 4 is 27.5 Å². The number of nitrogens with zero attached hydrogens (tertiary/aromatic N) is 1. The SMILES string of the molecule is Cn1c(C(=O)NCCc2cccc(F)c2)cc2sccc21. The van der Waals surface area contributed by atoms with E-state index in [4.69, 9.17) is 0 Å². The summed E-state index contributed by atoms with van der Waals surface area (Å²) in [6.07, 6.45) is 0.613. The van der Waals surface area contributed by atoms with Crippen molar-refractivity contribution in [3.63, 3.8) is 0 Å². The molecule has 0 unspecified atom stereocenters. The third-order valence-corrected chi connectivity index (χ3v) is 4.34. The largest absolute Gasteiger partial charge is 0.350 e. The molecule has 108 valence electrons.